The lowest BCUT2D eigenvalue weighted by molar-refractivity contribution is 0.592. The number of hydrogen-bond donors (Lipinski definition) is 2. The third-order valence-corrected chi connectivity index (χ3v) is 3.25. The molecule has 2 rings (SSSR count). The van der Waals surface area contributed by atoms with Crippen LogP contribution in [0.15, 0.2) is 54.6 Å². The van der Waals surface area contributed by atoms with E-state index in [1.165, 1.54) is 16.7 Å². The summed E-state index contributed by atoms with van der Waals surface area (Å²) in [5.41, 5.74) is 9.44. The number of nitrogens with two attached hydrogens (primary N) is 1. The molecule has 18 heavy (non-hydrogen) atoms. The molecule has 0 radical (unpaired) electrons. The highest BCUT2D eigenvalue weighted by Crippen LogP contribution is 2.18. The molecular formula is C16H20N2. The molecule has 0 spiro atoms. The third-order valence-electron chi connectivity index (χ3n) is 3.25. The first-order valence-electron chi connectivity index (χ1n) is 6.33. The number of likely N-dealkylation sites (N-methyl/N-ethyl adjacent to an activating group) is 1. The van der Waals surface area contributed by atoms with E-state index in [9.17, 15) is 0 Å². The van der Waals surface area contributed by atoms with E-state index in [-0.39, 0.29) is 0 Å². The fraction of sp³-hybridized carbons (Fsp3) is 0.250. The SMILES string of the molecule is CNC(Cc1ccccc1)c1ccc(CN)cc1. The molecule has 2 aromatic carbocycles. The highest BCUT2D eigenvalue weighted by atomic mass is 14.9. The lowest BCUT2D eigenvalue weighted by Gasteiger charge is -2.17. The summed E-state index contributed by atoms with van der Waals surface area (Å²) in [6, 6.07) is 19.4. The molecule has 0 bridgehead atoms. The van der Waals surface area contributed by atoms with Crippen LogP contribution in [0.25, 0.3) is 0 Å². The maximum atomic E-state index is 5.62. The van der Waals surface area contributed by atoms with Crippen molar-refractivity contribution in [3.05, 3.63) is 71.3 Å². The summed E-state index contributed by atoms with van der Waals surface area (Å²) in [5.74, 6) is 0. The molecule has 0 aliphatic carbocycles. The Morgan fingerprint density at radius 2 is 1.61 bits per heavy atom. The van der Waals surface area contributed by atoms with Crippen LogP contribution in [0.2, 0.25) is 0 Å². The van der Waals surface area contributed by atoms with Crippen LogP contribution >= 0.6 is 0 Å². The van der Waals surface area contributed by atoms with Gasteiger partial charge in [-0.3, -0.25) is 0 Å². The largest absolute Gasteiger partial charge is 0.326 e. The quantitative estimate of drug-likeness (QED) is 0.843. The van der Waals surface area contributed by atoms with Crippen molar-refractivity contribution >= 4 is 0 Å². The van der Waals surface area contributed by atoms with Gasteiger partial charge in [0.2, 0.25) is 0 Å². The Labute approximate surface area is 109 Å². The maximum absolute atomic E-state index is 5.62. The smallest absolute Gasteiger partial charge is 0.0358 e. The Hall–Kier alpha value is -1.64. The summed E-state index contributed by atoms with van der Waals surface area (Å²) in [7, 11) is 2.00. The van der Waals surface area contributed by atoms with Crippen molar-refractivity contribution in [2.75, 3.05) is 7.05 Å². The maximum Gasteiger partial charge on any atom is 0.0358 e. The zero-order valence-corrected chi connectivity index (χ0v) is 10.8. The van der Waals surface area contributed by atoms with Crippen molar-refractivity contribution in [2.45, 2.75) is 19.0 Å². The van der Waals surface area contributed by atoms with E-state index in [4.69, 9.17) is 5.73 Å². The van der Waals surface area contributed by atoms with E-state index >= 15 is 0 Å². The summed E-state index contributed by atoms with van der Waals surface area (Å²) >= 11 is 0. The second kappa shape index (κ2) is 6.34. The van der Waals surface area contributed by atoms with Gasteiger partial charge in [-0.15, -0.1) is 0 Å². The predicted molar refractivity (Wildman–Crippen MR) is 76.3 cm³/mol. The number of nitrogens with one attached hydrogen (secondary N) is 1. The van der Waals surface area contributed by atoms with Gasteiger partial charge in [0.25, 0.3) is 0 Å². The van der Waals surface area contributed by atoms with Gasteiger partial charge in [0, 0.05) is 12.6 Å². The zero-order valence-electron chi connectivity index (χ0n) is 10.8. The first-order valence-corrected chi connectivity index (χ1v) is 6.33. The molecule has 2 aromatic rings. The highest BCUT2D eigenvalue weighted by Gasteiger charge is 2.09. The molecule has 0 saturated carbocycles. The van der Waals surface area contributed by atoms with E-state index in [1.807, 2.05) is 13.1 Å². The van der Waals surface area contributed by atoms with Crippen molar-refractivity contribution < 1.29 is 0 Å². The average Bonchev–Trinajstić information content (AvgIpc) is 2.46. The fourth-order valence-electron chi connectivity index (χ4n) is 2.12. The molecule has 2 nitrogen and oxygen atoms in total. The molecule has 2 heteroatoms. The summed E-state index contributed by atoms with van der Waals surface area (Å²) in [6.07, 6.45) is 0.999. The van der Waals surface area contributed by atoms with Gasteiger partial charge in [0.1, 0.15) is 0 Å². The minimum Gasteiger partial charge on any atom is -0.326 e. The van der Waals surface area contributed by atoms with Gasteiger partial charge < -0.3 is 11.1 Å². The molecule has 1 atom stereocenters. The minimum absolute atomic E-state index is 0.347. The normalized spacial score (nSPS) is 12.3. The standard InChI is InChI=1S/C16H20N2/c1-18-16(11-13-5-3-2-4-6-13)15-9-7-14(12-17)8-10-15/h2-10,16,18H,11-12,17H2,1H3. The monoisotopic (exact) mass is 240 g/mol. The van der Waals surface area contributed by atoms with Crippen LogP contribution in [-0.4, -0.2) is 7.05 Å². The first-order chi connectivity index (χ1) is 8.83. The Morgan fingerprint density at radius 1 is 0.944 bits per heavy atom. The van der Waals surface area contributed by atoms with Crippen LogP contribution in [0.4, 0.5) is 0 Å². The summed E-state index contributed by atoms with van der Waals surface area (Å²) < 4.78 is 0. The molecule has 0 amide bonds. The summed E-state index contributed by atoms with van der Waals surface area (Å²) in [6.45, 7) is 0.600. The highest BCUT2D eigenvalue weighted by molar-refractivity contribution is 5.27. The second-order valence-electron chi connectivity index (χ2n) is 4.48. The predicted octanol–water partition coefficient (Wildman–Crippen LogP) is 2.65. The Kier molecular flexibility index (Phi) is 4.51. The molecule has 0 aromatic heterocycles. The van der Waals surface area contributed by atoms with Crippen molar-refractivity contribution in [3.8, 4) is 0 Å². The molecular weight excluding hydrogens is 220 g/mol. The molecule has 94 valence electrons. The van der Waals surface area contributed by atoms with Gasteiger partial charge in [-0.2, -0.15) is 0 Å². The topological polar surface area (TPSA) is 38.0 Å². The van der Waals surface area contributed by atoms with Crippen molar-refractivity contribution in [3.63, 3.8) is 0 Å². The third kappa shape index (κ3) is 3.19. The van der Waals surface area contributed by atoms with Gasteiger partial charge in [-0.05, 0) is 30.2 Å². The number of benzene rings is 2. The van der Waals surface area contributed by atoms with Gasteiger partial charge >= 0.3 is 0 Å². The van der Waals surface area contributed by atoms with Crippen LogP contribution in [0.1, 0.15) is 22.7 Å². The van der Waals surface area contributed by atoms with Crippen LogP contribution in [0, 0.1) is 0 Å². The fourth-order valence-corrected chi connectivity index (χ4v) is 2.12. The number of rotatable bonds is 5. The van der Waals surface area contributed by atoms with Gasteiger partial charge in [0.05, 0.1) is 0 Å². The van der Waals surface area contributed by atoms with Crippen molar-refractivity contribution in [1.82, 2.24) is 5.32 Å². The van der Waals surface area contributed by atoms with Gasteiger partial charge in [0.15, 0.2) is 0 Å². The summed E-state index contributed by atoms with van der Waals surface area (Å²) in [4.78, 5) is 0. The van der Waals surface area contributed by atoms with E-state index in [2.05, 4.69) is 53.8 Å². The van der Waals surface area contributed by atoms with E-state index < -0.39 is 0 Å². The Bertz CT molecular complexity index is 462. The minimum atomic E-state index is 0.347. The van der Waals surface area contributed by atoms with Crippen molar-refractivity contribution in [1.29, 1.82) is 0 Å². The van der Waals surface area contributed by atoms with Crippen molar-refractivity contribution in [2.24, 2.45) is 5.73 Å². The van der Waals surface area contributed by atoms with Crippen LogP contribution < -0.4 is 11.1 Å². The lowest BCUT2D eigenvalue weighted by Crippen LogP contribution is -2.18. The Morgan fingerprint density at radius 3 is 2.17 bits per heavy atom. The summed E-state index contributed by atoms with van der Waals surface area (Å²) in [5, 5.41) is 3.37. The molecule has 0 heterocycles. The molecule has 1 unspecified atom stereocenters. The lowest BCUT2D eigenvalue weighted by atomic mass is 9.98. The molecule has 0 fully saturated rings. The second-order valence-corrected chi connectivity index (χ2v) is 4.48. The molecule has 0 aliphatic heterocycles. The van der Waals surface area contributed by atoms with Crippen LogP contribution in [0.3, 0.4) is 0 Å². The molecule has 0 aliphatic rings. The van der Waals surface area contributed by atoms with Gasteiger partial charge in [-0.1, -0.05) is 54.6 Å². The Balaban J connectivity index is 2.12. The average molecular weight is 240 g/mol. The molecule has 3 N–H and O–H groups in total. The molecule has 0 saturated heterocycles. The zero-order chi connectivity index (χ0) is 12.8. The van der Waals surface area contributed by atoms with E-state index in [0.717, 1.165) is 6.42 Å². The van der Waals surface area contributed by atoms with Crippen LogP contribution in [0.5, 0.6) is 0 Å². The number of hydrogen-bond acceptors (Lipinski definition) is 2. The van der Waals surface area contributed by atoms with Crippen LogP contribution in [-0.2, 0) is 13.0 Å². The van der Waals surface area contributed by atoms with Gasteiger partial charge in [-0.25, -0.2) is 0 Å². The first kappa shape index (κ1) is 12.8. The van der Waals surface area contributed by atoms with E-state index in [0.29, 0.717) is 12.6 Å². The van der Waals surface area contributed by atoms with E-state index in [1.54, 1.807) is 0 Å².